The Kier molecular flexibility index (Phi) is 6.43. The van der Waals surface area contributed by atoms with E-state index in [1.807, 2.05) is 0 Å². The van der Waals surface area contributed by atoms with Crippen LogP contribution in [-0.2, 0) is 26.2 Å². The highest BCUT2D eigenvalue weighted by Gasteiger charge is 2.31. The molecule has 0 radical (unpaired) electrons. The molecule has 1 heterocycles. The molecule has 1 saturated heterocycles. The van der Waals surface area contributed by atoms with E-state index in [9.17, 15) is 18.0 Å². The molecule has 9 nitrogen and oxygen atoms in total. The molecule has 0 bridgehead atoms. The first-order valence-electron chi connectivity index (χ1n) is 7.94. The summed E-state index contributed by atoms with van der Waals surface area (Å²) in [7, 11) is -0.474. The molecule has 26 heavy (non-hydrogen) atoms. The molecule has 0 saturated carbocycles. The van der Waals surface area contributed by atoms with Gasteiger partial charge in [0.1, 0.15) is 18.0 Å². The molecule has 1 aromatic carbocycles. The van der Waals surface area contributed by atoms with Gasteiger partial charge >= 0.3 is 5.97 Å². The van der Waals surface area contributed by atoms with Gasteiger partial charge in [0.05, 0.1) is 26.5 Å². The second-order valence-electron chi connectivity index (χ2n) is 5.87. The van der Waals surface area contributed by atoms with Crippen molar-refractivity contribution in [2.24, 2.45) is 0 Å². The van der Waals surface area contributed by atoms with Crippen LogP contribution in [0.4, 0.5) is 0 Å². The Bertz CT molecular complexity index is 757. The normalized spacial score (nSPS) is 16.2. The number of sulfonamides is 1. The number of carboxylic acid groups (broad SMARTS) is 1. The minimum atomic E-state index is -3.44. The van der Waals surface area contributed by atoms with Gasteiger partial charge in [0.15, 0.2) is 0 Å². The highest BCUT2D eigenvalue weighted by atomic mass is 32.2. The predicted octanol–water partition coefficient (Wildman–Crippen LogP) is 0.153. The van der Waals surface area contributed by atoms with Gasteiger partial charge < -0.3 is 19.5 Å². The number of benzene rings is 1. The zero-order chi connectivity index (χ0) is 19.3. The molecule has 10 heteroatoms. The summed E-state index contributed by atoms with van der Waals surface area (Å²) in [6, 6.07) is 4.98. The van der Waals surface area contributed by atoms with Crippen LogP contribution < -0.4 is 9.47 Å². The third-order valence-corrected chi connectivity index (χ3v) is 5.88. The van der Waals surface area contributed by atoms with Gasteiger partial charge in [0.2, 0.25) is 15.9 Å². The van der Waals surface area contributed by atoms with E-state index in [1.165, 1.54) is 14.2 Å². The van der Waals surface area contributed by atoms with E-state index in [0.29, 0.717) is 23.5 Å². The Morgan fingerprint density at radius 3 is 2.27 bits per heavy atom. The van der Waals surface area contributed by atoms with Gasteiger partial charge in [0, 0.05) is 19.2 Å². The van der Waals surface area contributed by atoms with Crippen LogP contribution in [0.5, 0.6) is 11.5 Å². The first kappa shape index (κ1) is 20.0. The van der Waals surface area contributed by atoms with E-state index in [1.54, 1.807) is 18.2 Å². The summed E-state index contributed by atoms with van der Waals surface area (Å²) < 4.78 is 35.2. The number of carboxylic acids is 1. The monoisotopic (exact) mass is 386 g/mol. The molecule has 1 N–H and O–H groups in total. The van der Waals surface area contributed by atoms with Gasteiger partial charge in [-0.3, -0.25) is 9.59 Å². The van der Waals surface area contributed by atoms with Gasteiger partial charge in [0.25, 0.3) is 0 Å². The summed E-state index contributed by atoms with van der Waals surface area (Å²) in [6.07, 6.45) is 0.460. The Balaban J connectivity index is 2.19. The molecule has 1 fully saturated rings. The van der Waals surface area contributed by atoms with Crippen LogP contribution in [-0.4, -0.2) is 74.2 Å². The lowest BCUT2D eigenvalue weighted by Crippen LogP contribution is -2.42. The number of amides is 1. The van der Waals surface area contributed by atoms with Gasteiger partial charge in [-0.1, -0.05) is 0 Å². The van der Waals surface area contributed by atoms with E-state index < -0.39 is 28.4 Å². The number of nitrogens with zero attached hydrogens (tertiary/aromatic N) is 2. The Labute approximate surface area is 152 Å². The first-order valence-corrected chi connectivity index (χ1v) is 9.55. The number of methoxy groups -OCH3 is 2. The van der Waals surface area contributed by atoms with Crippen molar-refractivity contribution in [2.45, 2.75) is 13.0 Å². The summed E-state index contributed by atoms with van der Waals surface area (Å²) in [4.78, 5) is 24.8. The maximum absolute atomic E-state index is 12.5. The molecule has 0 aromatic heterocycles. The molecular formula is C16H22N2O7S. The summed E-state index contributed by atoms with van der Waals surface area (Å²) in [6.45, 7) is -0.641. The van der Waals surface area contributed by atoms with E-state index in [-0.39, 0.29) is 25.4 Å². The van der Waals surface area contributed by atoms with Crippen molar-refractivity contribution in [3.63, 3.8) is 0 Å². The Hall–Kier alpha value is -2.33. The van der Waals surface area contributed by atoms with E-state index in [0.717, 1.165) is 9.21 Å². The second-order valence-corrected chi connectivity index (χ2v) is 7.96. The fourth-order valence-corrected chi connectivity index (χ4v) is 4.16. The quantitative estimate of drug-likeness (QED) is 0.677. The number of aliphatic carboxylic acids is 1. The maximum Gasteiger partial charge on any atom is 0.323 e. The highest BCUT2D eigenvalue weighted by molar-refractivity contribution is 7.89. The molecule has 0 spiro atoms. The Morgan fingerprint density at radius 1 is 1.19 bits per heavy atom. The van der Waals surface area contributed by atoms with Crippen molar-refractivity contribution in [1.82, 2.24) is 9.21 Å². The SMILES string of the molecule is COc1cc(CN(CC(=O)O)C(=O)CN2CCCS2(=O)=O)cc(OC)c1. The molecule has 1 aliphatic heterocycles. The van der Waals surface area contributed by atoms with Gasteiger partial charge in [-0.25, -0.2) is 8.42 Å². The lowest BCUT2D eigenvalue weighted by atomic mass is 10.2. The van der Waals surface area contributed by atoms with Crippen LogP contribution in [0.15, 0.2) is 18.2 Å². The number of hydrogen-bond acceptors (Lipinski definition) is 6. The highest BCUT2D eigenvalue weighted by Crippen LogP contribution is 2.23. The molecule has 1 aliphatic rings. The van der Waals surface area contributed by atoms with Crippen LogP contribution in [0.2, 0.25) is 0 Å². The van der Waals surface area contributed by atoms with Crippen LogP contribution in [0, 0.1) is 0 Å². The molecule has 0 atom stereocenters. The average molecular weight is 386 g/mol. The van der Waals surface area contributed by atoms with Gasteiger partial charge in [-0.2, -0.15) is 4.31 Å². The number of ether oxygens (including phenoxy) is 2. The number of carbonyl (C=O) groups excluding carboxylic acids is 1. The molecular weight excluding hydrogens is 364 g/mol. The minimum Gasteiger partial charge on any atom is -0.497 e. The van der Waals surface area contributed by atoms with Crippen molar-refractivity contribution >= 4 is 21.9 Å². The van der Waals surface area contributed by atoms with Gasteiger partial charge in [-0.15, -0.1) is 0 Å². The molecule has 0 unspecified atom stereocenters. The van der Waals surface area contributed by atoms with E-state index in [2.05, 4.69) is 0 Å². The van der Waals surface area contributed by atoms with Crippen LogP contribution in [0.1, 0.15) is 12.0 Å². The molecule has 1 aromatic rings. The molecule has 0 aliphatic carbocycles. The van der Waals surface area contributed by atoms with Crippen molar-refractivity contribution in [3.05, 3.63) is 23.8 Å². The summed E-state index contributed by atoms with van der Waals surface area (Å²) in [5.41, 5.74) is 0.611. The fourth-order valence-electron chi connectivity index (χ4n) is 2.69. The lowest BCUT2D eigenvalue weighted by molar-refractivity contribution is -0.144. The summed E-state index contributed by atoms with van der Waals surface area (Å²) >= 11 is 0. The lowest BCUT2D eigenvalue weighted by Gasteiger charge is -2.24. The Morgan fingerprint density at radius 2 is 1.81 bits per heavy atom. The smallest absolute Gasteiger partial charge is 0.323 e. The summed E-state index contributed by atoms with van der Waals surface area (Å²) in [5, 5.41) is 9.10. The molecule has 2 rings (SSSR count). The summed E-state index contributed by atoms with van der Waals surface area (Å²) in [5.74, 6) is -0.739. The first-order chi connectivity index (χ1) is 12.2. The number of rotatable bonds is 8. The fraction of sp³-hybridized carbons (Fsp3) is 0.500. The topological polar surface area (TPSA) is 113 Å². The minimum absolute atomic E-state index is 0.00624. The van der Waals surface area contributed by atoms with Crippen LogP contribution >= 0.6 is 0 Å². The van der Waals surface area contributed by atoms with Gasteiger partial charge in [-0.05, 0) is 24.1 Å². The molecule has 144 valence electrons. The van der Waals surface area contributed by atoms with Crippen molar-refractivity contribution in [2.75, 3.05) is 39.6 Å². The van der Waals surface area contributed by atoms with Crippen LogP contribution in [0.25, 0.3) is 0 Å². The van der Waals surface area contributed by atoms with Crippen LogP contribution in [0.3, 0.4) is 0 Å². The third-order valence-electron chi connectivity index (χ3n) is 3.98. The maximum atomic E-state index is 12.5. The van der Waals surface area contributed by atoms with Crippen molar-refractivity contribution in [1.29, 1.82) is 0 Å². The van der Waals surface area contributed by atoms with Crippen molar-refractivity contribution < 1.29 is 32.6 Å². The zero-order valence-corrected chi connectivity index (χ0v) is 15.5. The largest absolute Gasteiger partial charge is 0.497 e. The standard InChI is InChI=1S/C16H22N2O7S/c1-24-13-6-12(7-14(8-13)25-2)9-17(11-16(20)21)15(19)10-18-4-3-5-26(18,22)23/h6-8H,3-5,9-11H2,1-2H3,(H,20,21). The number of hydrogen-bond donors (Lipinski definition) is 1. The predicted molar refractivity (Wildman–Crippen MR) is 92.6 cm³/mol. The zero-order valence-electron chi connectivity index (χ0n) is 14.7. The number of carbonyl (C=O) groups is 2. The third kappa shape index (κ3) is 5.09. The molecule has 1 amide bonds. The second kappa shape index (κ2) is 8.37. The average Bonchev–Trinajstić information content (AvgIpc) is 2.91. The van der Waals surface area contributed by atoms with Crippen molar-refractivity contribution in [3.8, 4) is 11.5 Å². The van der Waals surface area contributed by atoms with E-state index >= 15 is 0 Å². The van der Waals surface area contributed by atoms with E-state index in [4.69, 9.17) is 14.6 Å².